The molecule has 0 radical (unpaired) electrons. The Labute approximate surface area is 321 Å². The molecule has 0 unspecified atom stereocenters. The number of benzene rings is 1. The van der Waals surface area contributed by atoms with Crippen LogP contribution in [-0.4, -0.2) is 85.9 Å². The van der Waals surface area contributed by atoms with Crippen molar-refractivity contribution >= 4 is 44.8 Å². The summed E-state index contributed by atoms with van der Waals surface area (Å²) in [5.41, 5.74) is 0.222. The van der Waals surface area contributed by atoms with Gasteiger partial charge >= 0.3 is 12.0 Å². The van der Waals surface area contributed by atoms with Crippen LogP contribution in [0.1, 0.15) is 97.0 Å². The zero-order chi connectivity index (χ0) is 39.0. The van der Waals surface area contributed by atoms with Gasteiger partial charge in [0, 0.05) is 18.8 Å². The van der Waals surface area contributed by atoms with E-state index < -0.39 is 56.2 Å². The lowest BCUT2D eigenvalue weighted by atomic mass is 9.90. The molecule has 3 aromatic rings. The highest BCUT2D eigenvalue weighted by Crippen LogP contribution is 2.57. The molecule has 2 aliphatic carbocycles. The smallest absolute Gasteiger partial charge is 0.318 e. The normalized spacial score (nSPS) is 27.0. The standard InChI is InChI=1S/C40H50N6O8S/c1-39(2,3)54-34(48)18-27-14-10-5-4-6-11-15-28-20-40(28,37(50)44-55(51,52)30-16-17-30)21-33(47)32-19-29(24-46(32)36(27)49)53-38-41-22-31-35(43-38)45(25-42-31)23-26-12-8-7-9-13-26/h7-9,11-13,15,22,25,27-30,32H,4-6,10,14,16-21,23-24H2,1-3H3,(H,44,50)/b15-11-/t27-,28-,29-,32+,40-/m1/s1. The summed E-state index contributed by atoms with van der Waals surface area (Å²) in [6.45, 7) is 5.88. The molecule has 1 aromatic carbocycles. The van der Waals surface area contributed by atoms with Crippen LogP contribution in [0, 0.1) is 17.3 Å². The number of Topliss-reactive ketones (excluding diaryl/α,β-unsaturated/α-hetero) is 1. The van der Waals surface area contributed by atoms with Gasteiger partial charge in [-0.05, 0) is 70.8 Å². The average Bonchev–Trinajstić information content (AvgIpc) is 4.02. The largest absolute Gasteiger partial charge is 0.460 e. The molecule has 2 aromatic heterocycles. The number of hydrogen-bond donors (Lipinski definition) is 1. The van der Waals surface area contributed by atoms with Crippen LogP contribution in [0.2, 0.25) is 0 Å². The van der Waals surface area contributed by atoms with Gasteiger partial charge < -0.3 is 18.9 Å². The van der Waals surface area contributed by atoms with Gasteiger partial charge in [0.1, 0.15) is 17.2 Å². The fraction of sp³-hybridized carbons (Fsp3) is 0.575. The van der Waals surface area contributed by atoms with Gasteiger partial charge in [-0.25, -0.2) is 18.4 Å². The predicted octanol–water partition coefficient (Wildman–Crippen LogP) is 4.67. The molecule has 2 saturated carbocycles. The van der Waals surface area contributed by atoms with Gasteiger partial charge in [-0.3, -0.25) is 23.9 Å². The van der Waals surface area contributed by atoms with Gasteiger partial charge in [0.15, 0.2) is 11.4 Å². The van der Waals surface area contributed by atoms with Gasteiger partial charge in [-0.1, -0.05) is 55.3 Å². The quantitative estimate of drug-likeness (QED) is 0.236. The van der Waals surface area contributed by atoms with Crippen LogP contribution in [0.3, 0.4) is 0 Å². The van der Waals surface area contributed by atoms with Gasteiger partial charge in [0.2, 0.25) is 21.8 Å². The molecule has 4 heterocycles. The van der Waals surface area contributed by atoms with E-state index in [0.717, 1.165) is 24.8 Å². The average molecular weight is 775 g/mol. The summed E-state index contributed by atoms with van der Waals surface area (Å²) in [6, 6.07) is 8.96. The van der Waals surface area contributed by atoms with Crippen molar-refractivity contribution in [1.82, 2.24) is 29.1 Å². The minimum atomic E-state index is -3.85. The first-order valence-corrected chi connectivity index (χ1v) is 20.9. The Kier molecular flexibility index (Phi) is 10.9. The molecular weight excluding hydrogens is 725 g/mol. The minimum absolute atomic E-state index is 0.0311. The lowest BCUT2D eigenvalue weighted by Crippen LogP contribution is -2.46. The number of sulfonamides is 1. The van der Waals surface area contributed by atoms with Crippen molar-refractivity contribution in [3.8, 4) is 6.01 Å². The van der Waals surface area contributed by atoms with Crippen LogP contribution >= 0.6 is 0 Å². The van der Waals surface area contributed by atoms with Crippen LogP contribution in [0.4, 0.5) is 0 Å². The summed E-state index contributed by atoms with van der Waals surface area (Å²) >= 11 is 0. The summed E-state index contributed by atoms with van der Waals surface area (Å²) in [5.74, 6) is -2.94. The first-order valence-electron chi connectivity index (χ1n) is 19.4. The summed E-state index contributed by atoms with van der Waals surface area (Å²) < 4.78 is 41.8. The molecule has 55 heavy (non-hydrogen) atoms. The van der Waals surface area contributed by atoms with Crippen molar-refractivity contribution in [2.24, 2.45) is 17.3 Å². The third-order valence-corrected chi connectivity index (χ3v) is 12.8. The summed E-state index contributed by atoms with van der Waals surface area (Å²) in [5, 5.41) is -0.597. The number of imidazole rings is 1. The van der Waals surface area contributed by atoms with Crippen LogP contribution in [-0.2, 0) is 40.5 Å². The number of esters is 1. The summed E-state index contributed by atoms with van der Waals surface area (Å²) in [6.07, 6.45) is 11.1. The number of ketones is 1. The van der Waals surface area contributed by atoms with E-state index in [0.29, 0.717) is 49.8 Å². The lowest BCUT2D eigenvalue weighted by molar-refractivity contribution is -0.159. The van der Waals surface area contributed by atoms with E-state index in [9.17, 15) is 27.6 Å². The number of nitrogens with zero attached hydrogens (tertiary/aromatic N) is 5. The molecule has 0 bridgehead atoms. The molecule has 4 aliphatic rings. The Balaban J connectivity index is 1.16. The third-order valence-electron chi connectivity index (χ3n) is 11.0. The van der Waals surface area contributed by atoms with E-state index in [2.05, 4.69) is 19.7 Å². The molecule has 2 aliphatic heterocycles. The SMILES string of the molecule is CC(C)(C)OC(=O)C[C@H]1CCCCC/C=C\[C@@H]2C[C@@]2(C(=O)NS(=O)(=O)C2CC2)CC(=O)[C@@H]2C[C@@H](Oc3ncc4ncn(Cc5ccccc5)c4n3)CN2C1=O. The Morgan fingerprint density at radius 1 is 1.04 bits per heavy atom. The second-order valence-corrected chi connectivity index (χ2v) is 18.5. The third kappa shape index (κ3) is 9.08. The molecule has 2 amide bonds. The first-order chi connectivity index (χ1) is 26.2. The van der Waals surface area contributed by atoms with Crippen molar-refractivity contribution in [3.63, 3.8) is 0 Å². The fourth-order valence-electron chi connectivity index (χ4n) is 7.85. The highest BCUT2D eigenvalue weighted by atomic mass is 32.2. The number of nitrogens with one attached hydrogen (secondary N) is 1. The maximum Gasteiger partial charge on any atom is 0.318 e. The number of amides is 2. The molecule has 0 spiro atoms. The fourth-order valence-corrected chi connectivity index (χ4v) is 9.23. The minimum Gasteiger partial charge on any atom is -0.460 e. The maximum absolute atomic E-state index is 14.5. The molecule has 1 N–H and O–H groups in total. The molecule has 15 heteroatoms. The Hall–Kier alpha value is -4.66. The van der Waals surface area contributed by atoms with E-state index in [1.165, 1.54) is 4.90 Å². The summed E-state index contributed by atoms with van der Waals surface area (Å²) in [4.78, 5) is 70.9. The number of allylic oxidation sites excluding steroid dienone is 2. The van der Waals surface area contributed by atoms with E-state index in [1.54, 1.807) is 33.3 Å². The molecule has 3 fully saturated rings. The number of carbonyl (C=O) groups is 4. The van der Waals surface area contributed by atoms with Crippen LogP contribution in [0.15, 0.2) is 55.0 Å². The zero-order valence-corrected chi connectivity index (χ0v) is 32.5. The van der Waals surface area contributed by atoms with Crippen LogP contribution in [0.5, 0.6) is 6.01 Å². The van der Waals surface area contributed by atoms with Gasteiger partial charge in [0.25, 0.3) is 0 Å². The first kappa shape index (κ1) is 38.6. The molecular formula is C40H50N6O8S. The Morgan fingerprint density at radius 2 is 1.82 bits per heavy atom. The monoisotopic (exact) mass is 774 g/mol. The molecule has 294 valence electrons. The highest BCUT2D eigenvalue weighted by Gasteiger charge is 2.61. The van der Waals surface area contributed by atoms with Crippen molar-refractivity contribution in [3.05, 3.63) is 60.6 Å². The number of carbonyl (C=O) groups excluding carboxylic acids is 4. The second kappa shape index (κ2) is 15.5. The van der Waals surface area contributed by atoms with Crippen molar-refractivity contribution in [1.29, 1.82) is 0 Å². The zero-order valence-electron chi connectivity index (χ0n) is 31.7. The topological polar surface area (TPSA) is 180 Å². The Bertz CT molecular complexity index is 2070. The maximum atomic E-state index is 14.5. The molecule has 1 saturated heterocycles. The summed E-state index contributed by atoms with van der Waals surface area (Å²) in [7, 11) is -3.85. The van der Waals surface area contributed by atoms with Crippen molar-refractivity contribution in [2.75, 3.05) is 6.54 Å². The number of hydrogen-bond acceptors (Lipinski definition) is 11. The molecule has 14 nitrogen and oxygen atoms in total. The highest BCUT2D eigenvalue weighted by molar-refractivity contribution is 7.90. The van der Waals surface area contributed by atoms with E-state index in [-0.39, 0.29) is 49.4 Å². The molecule has 5 atom stereocenters. The van der Waals surface area contributed by atoms with Gasteiger partial charge in [0.05, 0.1) is 48.7 Å². The second-order valence-electron chi connectivity index (χ2n) is 16.5. The van der Waals surface area contributed by atoms with E-state index in [1.807, 2.05) is 47.1 Å². The number of aromatic nitrogens is 4. The number of ether oxygens (including phenoxy) is 2. The number of fused-ring (bicyclic) bond motifs is 3. The van der Waals surface area contributed by atoms with Crippen LogP contribution in [0.25, 0.3) is 11.2 Å². The number of rotatable bonds is 9. The lowest BCUT2D eigenvalue weighted by Gasteiger charge is -2.29. The van der Waals surface area contributed by atoms with E-state index in [4.69, 9.17) is 9.47 Å². The van der Waals surface area contributed by atoms with Crippen molar-refractivity contribution < 1.29 is 37.1 Å². The van der Waals surface area contributed by atoms with Crippen LogP contribution < -0.4 is 9.46 Å². The Morgan fingerprint density at radius 3 is 2.56 bits per heavy atom. The van der Waals surface area contributed by atoms with Crippen molar-refractivity contribution in [2.45, 2.75) is 121 Å². The van der Waals surface area contributed by atoms with Gasteiger partial charge in [-0.15, -0.1) is 0 Å². The van der Waals surface area contributed by atoms with Gasteiger partial charge in [-0.2, -0.15) is 4.98 Å². The molecule has 7 rings (SSSR count). The predicted molar refractivity (Wildman–Crippen MR) is 202 cm³/mol. The van der Waals surface area contributed by atoms with E-state index >= 15 is 0 Å².